The first-order valence-electron chi connectivity index (χ1n) is 5.67. The molecule has 0 aliphatic carbocycles. The Hall–Kier alpha value is -1.33. The predicted octanol–water partition coefficient (Wildman–Crippen LogP) is 1.03. The van der Waals surface area contributed by atoms with E-state index in [1.54, 1.807) is 19.1 Å². The minimum atomic E-state index is -1.19. The third kappa shape index (κ3) is 4.58. The molecule has 0 aromatic carbocycles. The summed E-state index contributed by atoms with van der Waals surface area (Å²) in [7, 11) is 0. The second-order valence-electron chi connectivity index (χ2n) is 3.97. The average Bonchev–Trinajstić information content (AvgIpc) is 2.81. The number of rotatable bonds is 7. The van der Waals surface area contributed by atoms with Crippen LogP contribution in [0.25, 0.3) is 0 Å². The van der Waals surface area contributed by atoms with Crippen LogP contribution in [0.1, 0.15) is 26.0 Å². The predicted molar refractivity (Wildman–Crippen MR) is 62.4 cm³/mol. The lowest BCUT2D eigenvalue weighted by molar-refractivity contribution is -0.123. The molecule has 0 radical (unpaired) electrons. The van der Waals surface area contributed by atoms with Gasteiger partial charge in [-0.1, -0.05) is 0 Å². The molecule has 1 unspecified atom stereocenters. The number of aliphatic hydroxyl groups is 1. The van der Waals surface area contributed by atoms with Gasteiger partial charge in [-0.25, -0.2) is 0 Å². The molecule has 1 heterocycles. The van der Waals surface area contributed by atoms with Gasteiger partial charge in [0.1, 0.15) is 11.4 Å². The van der Waals surface area contributed by atoms with E-state index in [1.807, 2.05) is 6.92 Å². The molecule has 0 bridgehead atoms. The van der Waals surface area contributed by atoms with E-state index in [0.29, 0.717) is 25.4 Å². The molecule has 1 aromatic rings. The molecule has 5 heteroatoms. The Morgan fingerprint density at radius 2 is 2.41 bits per heavy atom. The molecule has 2 N–H and O–H groups in total. The lowest BCUT2D eigenvalue weighted by Crippen LogP contribution is -2.38. The summed E-state index contributed by atoms with van der Waals surface area (Å²) in [6, 6.07) is 3.37. The van der Waals surface area contributed by atoms with E-state index in [4.69, 9.17) is 9.15 Å². The Balaban J connectivity index is 2.32. The smallest absolute Gasteiger partial charge is 0.222 e. The highest BCUT2D eigenvalue weighted by Crippen LogP contribution is 2.19. The zero-order valence-electron chi connectivity index (χ0n) is 10.2. The Morgan fingerprint density at radius 3 is 3.00 bits per heavy atom. The van der Waals surface area contributed by atoms with Crippen LogP contribution in [-0.2, 0) is 15.1 Å². The Kier molecular flexibility index (Phi) is 5.18. The lowest BCUT2D eigenvalue weighted by Gasteiger charge is -2.21. The van der Waals surface area contributed by atoms with Crippen molar-refractivity contribution in [2.24, 2.45) is 0 Å². The molecule has 0 aliphatic heterocycles. The van der Waals surface area contributed by atoms with Crippen molar-refractivity contribution < 1.29 is 19.1 Å². The first-order chi connectivity index (χ1) is 8.06. The third-order valence-electron chi connectivity index (χ3n) is 2.36. The van der Waals surface area contributed by atoms with Gasteiger partial charge in [0.2, 0.25) is 5.91 Å². The van der Waals surface area contributed by atoms with Crippen LogP contribution in [0.3, 0.4) is 0 Å². The van der Waals surface area contributed by atoms with Gasteiger partial charge in [-0.2, -0.15) is 0 Å². The largest absolute Gasteiger partial charge is 0.466 e. The van der Waals surface area contributed by atoms with Gasteiger partial charge < -0.3 is 19.6 Å². The fraction of sp³-hybridized carbons (Fsp3) is 0.583. The summed E-state index contributed by atoms with van der Waals surface area (Å²) in [6.45, 7) is 4.57. The van der Waals surface area contributed by atoms with Gasteiger partial charge in [0.05, 0.1) is 19.4 Å². The fourth-order valence-electron chi connectivity index (χ4n) is 1.34. The maximum atomic E-state index is 11.4. The zero-order valence-corrected chi connectivity index (χ0v) is 10.2. The fourth-order valence-corrected chi connectivity index (χ4v) is 1.34. The molecule has 0 spiro atoms. The number of nitrogens with one attached hydrogen (secondary N) is 1. The van der Waals surface area contributed by atoms with Crippen molar-refractivity contribution >= 4 is 5.91 Å². The number of hydrogen-bond donors (Lipinski definition) is 2. The molecule has 5 nitrogen and oxygen atoms in total. The van der Waals surface area contributed by atoms with E-state index in [1.165, 1.54) is 6.26 Å². The Bertz CT molecular complexity index is 332. The maximum absolute atomic E-state index is 11.4. The summed E-state index contributed by atoms with van der Waals surface area (Å²) in [5, 5.41) is 12.7. The van der Waals surface area contributed by atoms with Gasteiger partial charge in [-0.3, -0.25) is 4.79 Å². The first kappa shape index (κ1) is 13.7. The molecular formula is C12H19NO4. The third-order valence-corrected chi connectivity index (χ3v) is 2.36. The van der Waals surface area contributed by atoms with Gasteiger partial charge in [0, 0.05) is 13.0 Å². The summed E-state index contributed by atoms with van der Waals surface area (Å²) < 4.78 is 10.2. The van der Waals surface area contributed by atoms with Crippen LogP contribution in [0, 0.1) is 0 Å². The normalized spacial score (nSPS) is 14.3. The maximum Gasteiger partial charge on any atom is 0.222 e. The molecule has 96 valence electrons. The van der Waals surface area contributed by atoms with Crippen molar-refractivity contribution in [3.63, 3.8) is 0 Å². The average molecular weight is 241 g/mol. The van der Waals surface area contributed by atoms with Crippen LogP contribution in [0.5, 0.6) is 0 Å². The van der Waals surface area contributed by atoms with Crippen molar-refractivity contribution in [3.05, 3.63) is 24.2 Å². The van der Waals surface area contributed by atoms with E-state index in [-0.39, 0.29) is 12.5 Å². The van der Waals surface area contributed by atoms with Crippen LogP contribution in [0.15, 0.2) is 22.8 Å². The van der Waals surface area contributed by atoms with Gasteiger partial charge in [0.15, 0.2) is 0 Å². The molecule has 17 heavy (non-hydrogen) atoms. The molecule has 0 aliphatic rings. The summed E-state index contributed by atoms with van der Waals surface area (Å²) in [4.78, 5) is 11.4. The van der Waals surface area contributed by atoms with Crippen molar-refractivity contribution in [3.8, 4) is 0 Å². The summed E-state index contributed by atoms with van der Waals surface area (Å²) in [5.74, 6) is 0.285. The van der Waals surface area contributed by atoms with Crippen molar-refractivity contribution in [2.45, 2.75) is 25.9 Å². The van der Waals surface area contributed by atoms with E-state index in [2.05, 4.69) is 5.32 Å². The SMILES string of the molecule is CCOCCC(=O)NCC(C)(O)c1ccco1. The van der Waals surface area contributed by atoms with Gasteiger partial charge in [0.25, 0.3) is 0 Å². The van der Waals surface area contributed by atoms with Crippen LogP contribution in [0.4, 0.5) is 0 Å². The molecule has 1 aromatic heterocycles. The van der Waals surface area contributed by atoms with E-state index >= 15 is 0 Å². The number of carbonyl (C=O) groups is 1. The van der Waals surface area contributed by atoms with Crippen molar-refractivity contribution in [1.29, 1.82) is 0 Å². The first-order valence-corrected chi connectivity index (χ1v) is 5.67. The van der Waals surface area contributed by atoms with Crippen LogP contribution in [-0.4, -0.2) is 30.8 Å². The molecule has 0 saturated heterocycles. The summed E-state index contributed by atoms with van der Waals surface area (Å²) >= 11 is 0. The molecule has 1 rings (SSSR count). The monoisotopic (exact) mass is 241 g/mol. The van der Waals surface area contributed by atoms with Gasteiger partial charge in [-0.05, 0) is 26.0 Å². The Labute approximate surface area is 101 Å². The van der Waals surface area contributed by atoms with Crippen molar-refractivity contribution in [1.82, 2.24) is 5.32 Å². The highest BCUT2D eigenvalue weighted by atomic mass is 16.5. The second-order valence-corrected chi connectivity index (χ2v) is 3.97. The molecule has 1 atom stereocenters. The van der Waals surface area contributed by atoms with Gasteiger partial charge in [-0.15, -0.1) is 0 Å². The summed E-state index contributed by atoms with van der Waals surface area (Å²) in [5.41, 5.74) is -1.19. The van der Waals surface area contributed by atoms with E-state index in [9.17, 15) is 9.90 Å². The van der Waals surface area contributed by atoms with E-state index in [0.717, 1.165) is 0 Å². The topological polar surface area (TPSA) is 71.7 Å². The van der Waals surface area contributed by atoms with Crippen LogP contribution < -0.4 is 5.32 Å². The summed E-state index contributed by atoms with van der Waals surface area (Å²) in [6.07, 6.45) is 1.78. The second kappa shape index (κ2) is 6.42. The highest BCUT2D eigenvalue weighted by molar-refractivity contribution is 5.76. The number of amides is 1. The molecule has 0 saturated carbocycles. The number of hydrogen-bond acceptors (Lipinski definition) is 4. The van der Waals surface area contributed by atoms with E-state index < -0.39 is 5.60 Å². The number of ether oxygens (including phenoxy) is 1. The zero-order chi connectivity index (χ0) is 12.7. The van der Waals surface area contributed by atoms with Crippen molar-refractivity contribution in [2.75, 3.05) is 19.8 Å². The number of furan rings is 1. The highest BCUT2D eigenvalue weighted by Gasteiger charge is 2.26. The minimum absolute atomic E-state index is 0.117. The lowest BCUT2D eigenvalue weighted by atomic mass is 10.0. The van der Waals surface area contributed by atoms with Gasteiger partial charge >= 0.3 is 0 Å². The molecule has 1 amide bonds. The van der Waals surface area contributed by atoms with Crippen LogP contribution in [0.2, 0.25) is 0 Å². The Morgan fingerprint density at radius 1 is 1.65 bits per heavy atom. The quantitative estimate of drug-likeness (QED) is 0.699. The minimum Gasteiger partial charge on any atom is -0.466 e. The number of carbonyl (C=O) groups excluding carboxylic acids is 1. The molecular weight excluding hydrogens is 222 g/mol. The standard InChI is InChI=1S/C12H19NO4/c1-3-16-8-6-11(14)13-9-12(2,15)10-5-4-7-17-10/h4-5,7,15H,3,6,8-9H2,1-2H3,(H,13,14). The van der Waals surface area contributed by atoms with Crippen LogP contribution >= 0.6 is 0 Å². The molecule has 0 fully saturated rings.